The smallest absolute Gasteiger partial charge is 0.328 e. The molecule has 1 aliphatic heterocycles. The molecular weight excluding hydrogens is 390 g/mol. The zero-order valence-corrected chi connectivity index (χ0v) is 17.7. The quantitative estimate of drug-likeness (QED) is 0.338. The van der Waals surface area contributed by atoms with Gasteiger partial charge in [-0.15, -0.1) is 0 Å². The van der Waals surface area contributed by atoms with Crippen LogP contribution < -0.4 is 10.1 Å². The average molecular weight is 418 g/mol. The predicted molar refractivity (Wildman–Crippen MR) is 116 cm³/mol. The van der Waals surface area contributed by atoms with E-state index in [2.05, 4.69) is 5.32 Å². The Morgan fingerprint density at radius 3 is 2.39 bits per heavy atom. The molecule has 5 heteroatoms. The number of esters is 1. The lowest BCUT2D eigenvalue weighted by molar-refractivity contribution is -0.150. The van der Waals surface area contributed by atoms with Crippen molar-refractivity contribution in [2.24, 2.45) is 10.8 Å². The van der Waals surface area contributed by atoms with E-state index in [1.165, 1.54) is 6.42 Å². The van der Waals surface area contributed by atoms with Crippen LogP contribution in [0.15, 0.2) is 54.6 Å². The summed E-state index contributed by atoms with van der Waals surface area (Å²) >= 11 is 0. The normalized spacial score (nSPS) is 29.3. The molecule has 2 aromatic rings. The number of benzene rings is 2. The molecule has 3 aliphatic rings. The Hall–Kier alpha value is -2.95. The van der Waals surface area contributed by atoms with Crippen LogP contribution in [0.5, 0.6) is 5.75 Å². The molecule has 3 atom stereocenters. The Labute approximate surface area is 182 Å². The fourth-order valence-electron chi connectivity index (χ4n) is 6.10. The van der Waals surface area contributed by atoms with Crippen molar-refractivity contribution in [3.05, 3.63) is 65.7 Å². The standard InChI is InChI=1S/C26H27NO4/c1-2-25(22(28)17-11-5-3-6-12-17)21-19-15-9-10-16-20(19)31-24(30)26(21,25)23(29)27-18-13-7-4-8-14-18/h3,5-6,9-12,15-16,18,21H,2,4,7-8,13-14H2,1H3,(H,27,29)/t21-,25+,26+/m1/s1. The zero-order chi connectivity index (χ0) is 21.6. The zero-order valence-electron chi connectivity index (χ0n) is 17.7. The van der Waals surface area contributed by atoms with Crippen LogP contribution in [-0.4, -0.2) is 23.7 Å². The third kappa shape index (κ3) is 2.65. The predicted octanol–water partition coefficient (Wildman–Crippen LogP) is 4.42. The molecule has 2 saturated carbocycles. The number of ether oxygens (including phenoxy) is 1. The Kier molecular flexibility index (Phi) is 4.72. The number of ketones is 1. The van der Waals surface area contributed by atoms with Crippen molar-refractivity contribution < 1.29 is 19.1 Å². The maximum absolute atomic E-state index is 13.9. The second-order valence-corrected chi connectivity index (χ2v) is 9.00. The van der Waals surface area contributed by atoms with E-state index >= 15 is 0 Å². The van der Waals surface area contributed by atoms with E-state index in [0.717, 1.165) is 31.2 Å². The van der Waals surface area contributed by atoms with Crippen LogP contribution in [0, 0.1) is 10.8 Å². The number of amides is 1. The molecule has 0 bridgehead atoms. The SMILES string of the molecule is CC[C@@]1(C(=O)c2ccccc2)[C@H]2c3ccccc3OC(=O)[C@@]21C(=O)NC1CCCCC1. The van der Waals surface area contributed by atoms with E-state index in [9.17, 15) is 14.4 Å². The Bertz CT molecular complexity index is 1040. The molecule has 0 aromatic heterocycles. The molecule has 0 radical (unpaired) electrons. The van der Waals surface area contributed by atoms with Crippen LogP contribution in [-0.2, 0) is 9.59 Å². The number of carbonyl (C=O) groups excluding carboxylic acids is 3. The molecule has 5 nitrogen and oxygen atoms in total. The fourth-order valence-corrected chi connectivity index (χ4v) is 6.10. The number of Topliss-reactive ketones (excluding diaryl/α,β-unsaturated/α-hetero) is 1. The Balaban J connectivity index is 1.63. The van der Waals surface area contributed by atoms with Gasteiger partial charge in [0.05, 0.1) is 5.41 Å². The van der Waals surface area contributed by atoms with Crippen LogP contribution >= 0.6 is 0 Å². The third-order valence-corrected chi connectivity index (χ3v) is 7.60. The van der Waals surface area contributed by atoms with Crippen LogP contribution in [0.1, 0.15) is 67.3 Å². The first-order valence-electron chi connectivity index (χ1n) is 11.3. The van der Waals surface area contributed by atoms with Crippen molar-refractivity contribution >= 4 is 17.7 Å². The van der Waals surface area contributed by atoms with E-state index in [1.807, 2.05) is 37.3 Å². The van der Waals surface area contributed by atoms with E-state index in [1.54, 1.807) is 24.3 Å². The number of hydrogen-bond acceptors (Lipinski definition) is 4. The maximum atomic E-state index is 13.9. The van der Waals surface area contributed by atoms with Crippen molar-refractivity contribution in [3.8, 4) is 5.75 Å². The van der Waals surface area contributed by atoms with Crippen LogP contribution in [0.25, 0.3) is 0 Å². The topological polar surface area (TPSA) is 72.5 Å². The summed E-state index contributed by atoms with van der Waals surface area (Å²) in [4.78, 5) is 41.2. The van der Waals surface area contributed by atoms with Gasteiger partial charge in [-0.05, 0) is 25.3 Å². The van der Waals surface area contributed by atoms with Gasteiger partial charge in [0.15, 0.2) is 11.2 Å². The van der Waals surface area contributed by atoms with E-state index in [-0.39, 0.29) is 17.7 Å². The molecule has 1 amide bonds. The lowest BCUT2D eigenvalue weighted by atomic mass is 9.82. The fraction of sp³-hybridized carbons (Fsp3) is 0.423. The van der Waals surface area contributed by atoms with Gasteiger partial charge in [-0.3, -0.25) is 14.4 Å². The minimum Gasteiger partial charge on any atom is -0.425 e. The van der Waals surface area contributed by atoms with Gasteiger partial charge in [0.1, 0.15) is 5.75 Å². The number of rotatable bonds is 5. The summed E-state index contributed by atoms with van der Waals surface area (Å²) in [6.07, 6.45) is 5.49. The van der Waals surface area contributed by atoms with Gasteiger partial charge in [-0.1, -0.05) is 74.7 Å². The van der Waals surface area contributed by atoms with Crippen molar-refractivity contribution in [2.45, 2.75) is 57.4 Å². The van der Waals surface area contributed by atoms with Crippen LogP contribution in [0.4, 0.5) is 0 Å². The molecule has 5 rings (SSSR count). The lowest BCUT2D eigenvalue weighted by Gasteiger charge is -2.28. The summed E-state index contributed by atoms with van der Waals surface area (Å²) in [5.74, 6) is -1.17. The highest BCUT2D eigenvalue weighted by molar-refractivity contribution is 6.21. The van der Waals surface area contributed by atoms with Crippen molar-refractivity contribution in [1.82, 2.24) is 5.32 Å². The minimum atomic E-state index is -1.51. The summed E-state index contributed by atoms with van der Waals surface area (Å²) in [7, 11) is 0. The second kappa shape index (κ2) is 7.33. The summed E-state index contributed by atoms with van der Waals surface area (Å²) in [5, 5.41) is 3.14. The molecule has 1 N–H and O–H groups in total. The van der Waals surface area contributed by atoms with Crippen molar-refractivity contribution in [2.75, 3.05) is 0 Å². The molecular formula is C26H27NO4. The number of carbonyl (C=O) groups is 3. The largest absolute Gasteiger partial charge is 0.425 e. The number of hydrogen-bond donors (Lipinski definition) is 1. The minimum absolute atomic E-state index is 0.0447. The second-order valence-electron chi connectivity index (χ2n) is 9.00. The molecule has 0 saturated heterocycles. The molecule has 1 heterocycles. The molecule has 2 aromatic carbocycles. The summed E-state index contributed by atoms with van der Waals surface area (Å²) in [5.41, 5.74) is -1.36. The van der Waals surface area contributed by atoms with Crippen molar-refractivity contribution in [1.29, 1.82) is 0 Å². The first-order valence-corrected chi connectivity index (χ1v) is 11.3. The number of para-hydroxylation sites is 1. The molecule has 2 fully saturated rings. The summed E-state index contributed by atoms with van der Waals surface area (Å²) in [6.45, 7) is 1.89. The number of nitrogens with one attached hydrogen (secondary N) is 1. The number of fused-ring (bicyclic) bond motifs is 3. The third-order valence-electron chi connectivity index (χ3n) is 7.60. The molecule has 0 spiro atoms. The maximum Gasteiger partial charge on any atom is 0.328 e. The summed E-state index contributed by atoms with van der Waals surface area (Å²) in [6, 6.07) is 16.3. The monoisotopic (exact) mass is 417 g/mol. The van der Waals surface area contributed by atoms with Gasteiger partial charge in [0.2, 0.25) is 5.91 Å². The van der Waals surface area contributed by atoms with Gasteiger partial charge in [0.25, 0.3) is 0 Å². The average Bonchev–Trinajstić information content (AvgIpc) is 3.47. The van der Waals surface area contributed by atoms with Crippen LogP contribution in [0.3, 0.4) is 0 Å². The highest BCUT2D eigenvalue weighted by atomic mass is 16.5. The molecule has 0 unspecified atom stereocenters. The van der Waals surface area contributed by atoms with Gasteiger partial charge in [0, 0.05) is 23.1 Å². The molecule has 2 aliphatic carbocycles. The van der Waals surface area contributed by atoms with Gasteiger partial charge in [-0.25, -0.2) is 0 Å². The van der Waals surface area contributed by atoms with E-state index < -0.39 is 22.7 Å². The van der Waals surface area contributed by atoms with E-state index in [4.69, 9.17) is 4.74 Å². The first-order chi connectivity index (χ1) is 15.1. The Morgan fingerprint density at radius 2 is 1.68 bits per heavy atom. The Morgan fingerprint density at radius 1 is 1.00 bits per heavy atom. The highest BCUT2D eigenvalue weighted by Gasteiger charge is 2.89. The van der Waals surface area contributed by atoms with E-state index in [0.29, 0.717) is 17.7 Å². The lowest BCUT2D eigenvalue weighted by Crippen LogP contribution is -2.49. The first kappa shape index (κ1) is 20.0. The summed E-state index contributed by atoms with van der Waals surface area (Å²) < 4.78 is 5.69. The van der Waals surface area contributed by atoms with Crippen molar-refractivity contribution in [3.63, 3.8) is 0 Å². The molecule has 31 heavy (non-hydrogen) atoms. The molecule has 160 valence electrons. The van der Waals surface area contributed by atoms with Gasteiger partial charge < -0.3 is 10.1 Å². The highest BCUT2D eigenvalue weighted by Crippen LogP contribution is 2.79. The van der Waals surface area contributed by atoms with Gasteiger partial charge in [-0.2, -0.15) is 0 Å². The van der Waals surface area contributed by atoms with Crippen LogP contribution in [0.2, 0.25) is 0 Å². The van der Waals surface area contributed by atoms with Gasteiger partial charge >= 0.3 is 5.97 Å².